The van der Waals surface area contributed by atoms with Crippen molar-refractivity contribution in [1.82, 2.24) is 0 Å². The van der Waals surface area contributed by atoms with Gasteiger partial charge < -0.3 is 9.84 Å². The van der Waals surface area contributed by atoms with Gasteiger partial charge in [0.25, 0.3) is 0 Å². The molecular weight excluding hydrogens is 264 g/mol. The molecule has 1 aliphatic heterocycles. The van der Waals surface area contributed by atoms with Gasteiger partial charge in [-0.1, -0.05) is 15.9 Å². The van der Waals surface area contributed by atoms with Crippen LogP contribution in [-0.2, 0) is 9.53 Å². The van der Waals surface area contributed by atoms with Crippen LogP contribution >= 0.6 is 15.9 Å². The van der Waals surface area contributed by atoms with Gasteiger partial charge in [0.15, 0.2) is 0 Å². The third kappa shape index (κ3) is 1.87. The van der Waals surface area contributed by atoms with Crippen LogP contribution in [0.1, 0.15) is 28.4 Å². The Morgan fingerprint density at radius 1 is 1.53 bits per heavy atom. The van der Waals surface area contributed by atoms with Crippen LogP contribution in [0.2, 0.25) is 0 Å². The fourth-order valence-electron chi connectivity index (χ4n) is 1.55. The molecule has 15 heavy (non-hydrogen) atoms. The molecule has 1 aromatic carbocycles. The Morgan fingerprint density at radius 3 is 2.93 bits per heavy atom. The molecule has 0 radical (unpaired) electrons. The first kappa shape index (κ1) is 10.2. The van der Waals surface area contributed by atoms with Crippen LogP contribution in [0.3, 0.4) is 0 Å². The third-order valence-electron chi connectivity index (χ3n) is 2.19. The van der Waals surface area contributed by atoms with Gasteiger partial charge in [-0.15, -0.1) is 0 Å². The SMILES string of the molecule is O=C(O)C[C@H]1OC(=O)c2ccc(Br)cc21. The molecule has 1 atom stereocenters. The number of carboxylic acids is 1. The number of benzene rings is 1. The number of ether oxygens (including phenoxy) is 1. The van der Waals surface area contributed by atoms with Crippen molar-refractivity contribution in [2.45, 2.75) is 12.5 Å². The molecule has 78 valence electrons. The molecule has 0 amide bonds. The molecule has 1 aromatic rings. The summed E-state index contributed by atoms with van der Waals surface area (Å²) in [6.07, 6.45) is -0.864. The highest BCUT2D eigenvalue weighted by atomic mass is 79.9. The van der Waals surface area contributed by atoms with Gasteiger partial charge >= 0.3 is 11.9 Å². The van der Waals surface area contributed by atoms with Crippen LogP contribution in [0.25, 0.3) is 0 Å². The second kappa shape index (κ2) is 3.66. The Labute approximate surface area is 94.0 Å². The van der Waals surface area contributed by atoms with E-state index in [2.05, 4.69) is 15.9 Å². The first-order valence-electron chi connectivity index (χ1n) is 4.30. The van der Waals surface area contributed by atoms with Gasteiger partial charge in [0.2, 0.25) is 0 Å². The second-order valence-electron chi connectivity index (χ2n) is 3.22. The summed E-state index contributed by atoms with van der Waals surface area (Å²) in [6.45, 7) is 0. The zero-order chi connectivity index (χ0) is 11.0. The number of aliphatic carboxylic acids is 1. The Kier molecular flexibility index (Phi) is 2.48. The summed E-state index contributed by atoms with van der Waals surface area (Å²) in [5.41, 5.74) is 1.08. The Morgan fingerprint density at radius 2 is 2.27 bits per heavy atom. The first-order chi connectivity index (χ1) is 7.08. The molecule has 1 aliphatic rings. The molecule has 0 saturated heterocycles. The van der Waals surface area contributed by atoms with Crippen LogP contribution in [-0.4, -0.2) is 17.0 Å². The van der Waals surface area contributed by atoms with Crippen molar-refractivity contribution < 1.29 is 19.4 Å². The van der Waals surface area contributed by atoms with E-state index in [4.69, 9.17) is 9.84 Å². The first-order valence-corrected chi connectivity index (χ1v) is 5.09. The maximum atomic E-state index is 11.3. The molecular formula is C10H7BrO4. The number of carbonyl (C=O) groups excluding carboxylic acids is 1. The summed E-state index contributed by atoms with van der Waals surface area (Å²) >= 11 is 3.26. The van der Waals surface area contributed by atoms with E-state index in [-0.39, 0.29) is 6.42 Å². The summed E-state index contributed by atoms with van der Waals surface area (Å²) in [5.74, 6) is -1.44. The van der Waals surface area contributed by atoms with Gasteiger partial charge in [-0.2, -0.15) is 0 Å². The lowest BCUT2D eigenvalue weighted by molar-refractivity contribution is -0.139. The Hall–Kier alpha value is -1.36. The molecule has 0 fully saturated rings. The summed E-state index contributed by atoms with van der Waals surface area (Å²) in [7, 11) is 0. The number of rotatable bonds is 2. The summed E-state index contributed by atoms with van der Waals surface area (Å²) in [6, 6.07) is 5.07. The van der Waals surface area contributed by atoms with Crippen molar-refractivity contribution in [2.24, 2.45) is 0 Å². The minimum absolute atomic E-state index is 0.199. The maximum Gasteiger partial charge on any atom is 0.339 e. The number of esters is 1. The number of carbonyl (C=O) groups is 2. The van der Waals surface area contributed by atoms with Gasteiger partial charge in [-0.05, 0) is 18.2 Å². The van der Waals surface area contributed by atoms with Crippen molar-refractivity contribution in [2.75, 3.05) is 0 Å². The minimum atomic E-state index is -0.986. The van der Waals surface area contributed by atoms with Crippen molar-refractivity contribution in [1.29, 1.82) is 0 Å². The lowest BCUT2D eigenvalue weighted by Gasteiger charge is -2.06. The average Bonchev–Trinajstić information content (AvgIpc) is 2.42. The summed E-state index contributed by atoms with van der Waals surface area (Å²) < 4.78 is 5.76. The second-order valence-corrected chi connectivity index (χ2v) is 4.14. The fraction of sp³-hybridized carbons (Fsp3) is 0.200. The monoisotopic (exact) mass is 270 g/mol. The summed E-state index contributed by atoms with van der Waals surface area (Å²) in [5, 5.41) is 8.65. The predicted octanol–water partition coefficient (Wildman–Crippen LogP) is 2.14. The molecule has 0 aromatic heterocycles. The molecule has 4 nitrogen and oxygen atoms in total. The number of carboxylic acid groups (broad SMARTS) is 1. The molecule has 2 rings (SSSR count). The number of fused-ring (bicyclic) bond motifs is 1. The molecule has 1 heterocycles. The molecule has 0 saturated carbocycles. The molecule has 5 heteroatoms. The molecule has 0 spiro atoms. The highest BCUT2D eigenvalue weighted by molar-refractivity contribution is 9.10. The van der Waals surface area contributed by atoms with Crippen LogP contribution < -0.4 is 0 Å². The lowest BCUT2D eigenvalue weighted by Crippen LogP contribution is -2.05. The molecule has 1 N–H and O–H groups in total. The van der Waals surface area contributed by atoms with Gasteiger partial charge in [0.05, 0.1) is 12.0 Å². The van der Waals surface area contributed by atoms with Crippen molar-refractivity contribution in [3.8, 4) is 0 Å². The van der Waals surface area contributed by atoms with Crippen LogP contribution in [0.15, 0.2) is 22.7 Å². The predicted molar refractivity (Wildman–Crippen MR) is 54.6 cm³/mol. The van der Waals surface area contributed by atoms with Crippen LogP contribution in [0, 0.1) is 0 Å². The van der Waals surface area contributed by atoms with Crippen molar-refractivity contribution in [3.63, 3.8) is 0 Å². The quantitative estimate of drug-likeness (QED) is 0.837. The number of cyclic esters (lactones) is 1. The Balaban J connectivity index is 2.39. The zero-order valence-corrected chi connectivity index (χ0v) is 9.15. The van der Waals surface area contributed by atoms with Gasteiger partial charge in [0, 0.05) is 10.0 Å². The minimum Gasteiger partial charge on any atom is -0.481 e. The molecule has 0 bridgehead atoms. The van der Waals surface area contributed by atoms with E-state index in [0.717, 1.165) is 4.47 Å². The number of hydrogen-bond donors (Lipinski definition) is 1. The fourth-order valence-corrected chi connectivity index (χ4v) is 1.93. The van der Waals surface area contributed by atoms with Gasteiger partial charge in [0.1, 0.15) is 6.10 Å². The van der Waals surface area contributed by atoms with Gasteiger partial charge in [-0.3, -0.25) is 4.79 Å². The van der Waals surface area contributed by atoms with E-state index in [1.54, 1.807) is 18.2 Å². The largest absolute Gasteiger partial charge is 0.481 e. The Bertz CT molecular complexity index is 439. The maximum absolute atomic E-state index is 11.3. The number of halogens is 1. The smallest absolute Gasteiger partial charge is 0.339 e. The summed E-state index contributed by atoms with van der Waals surface area (Å²) in [4.78, 5) is 21.9. The van der Waals surface area contributed by atoms with E-state index in [1.807, 2.05) is 0 Å². The lowest BCUT2D eigenvalue weighted by atomic mass is 10.0. The molecule has 0 unspecified atom stereocenters. The van der Waals surface area contributed by atoms with Gasteiger partial charge in [-0.25, -0.2) is 4.79 Å². The topological polar surface area (TPSA) is 63.6 Å². The van der Waals surface area contributed by atoms with E-state index in [9.17, 15) is 9.59 Å². The van der Waals surface area contributed by atoms with Crippen LogP contribution in [0.4, 0.5) is 0 Å². The van der Waals surface area contributed by atoms with Crippen molar-refractivity contribution >= 4 is 27.9 Å². The van der Waals surface area contributed by atoms with E-state index in [1.165, 1.54) is 0 Å². The van der Waals surface area contributed by atoms with E-state index < -0.39 is 18.0 Å². The highest BCUT2D eigenvalue weighted by Crippen LogP contribution is 2.34. The average molecular weight is 271 g/mol. The van der Waals surface area contributed by atoms with Crippen molar-refractivity contribution in [3.05, 3.63) is 33.8 Å². The third-order valence-corrected chi connectivity index (χ3v) is 2.68. The highest BCUT2D eigenvalue weighted by Gasteiger charge is 2.32. The van der Waals surface area contributed by atoms with E-state index >= 15 is 0 Å². The van der Waals surface area contributed by atoms with Crippen LogP contribution in [0.5, 0.6) is 0 Å². The van der Waals surface area contributed by atoms with E-state index in [0.29, 0.717) is 11.1 Å². The normalized spacial score (nSPS) is 18.5. The number of hydrogen-bond acceptors (Lipinski definition) is 3. The molecule has 0 aliphatic carbocycles. The zero-order valence-electron chi connectivity index (χ0n) is 7.57. The standard InChI is InChI=1S/C10H7BrO4/c11-5-1-2-6-7(3-5)8(4-9(12)13)15-10(6)14/h1-3,8H,4H2,(H,12,13)/t8-/m1/s1.